The van der Waals surface area contributed by atoms with E-state index >= 15 is 0 Å². The minimum absolute atomic E-state index is 0.105. The summed E-state index contributed by atoms with van der Waals surface area (Å²) in [6.45, 7) is 1.60. The minimum Gasteiger partial charge on any atom is -0.480 e. The molecule has 2 N–H and O–H groups in total. The molecular weight excluding hydrogens is 348 g/mol. The Bertz CT molecular complexity index is 698. The largest absolute Gasteiger partial charge is 0.480 e. The molecule has 0 aliphatic carbocycles. The monoisotopic (exact) mass is 360 g/mol. The summed E-state index contributed by atoms with van der Waals surface area (Å²) in [5, 5.41) is 12.1. The van der Waals surface area contributed by atoms with Crippen molar-refractivity contribution < 1.29 is 19.4 Å². The van der Waals surface area contributed by atoms with Crippen LogP contribution in [0.2, 0.25) is 4.34 Å². The van der Waals surface area contributed by atoms with Gasteiger partial charge in [0.2, 0.25) is 0 Å². The number of carbonyl (C=O) groups is 2. The van der Waals surface area contributed by atoms with Gasteiger partial charge in [0.1, 0.15) is 9.88 Å². The number of thiazole rings is 1. The number of hydrogen-bond donors (Lipinski definition) is 2. The van der Waals surface area contributed by atoms with Gasteiger partial charge in [-0.15, -0.1) is 22.7 Å². The zero-order valence-corrected chi connectivity index (χ0v) is 14.1. The molecule has 0 saturated heterocycles. The van der Waals surface area contributed by atoms with Gasteiger partial charge in [0.25, 0.3) is 5.91 Å². The lowest BCUT2D eigenvalue weighted by Crippen LogP contribution is -2.43. The van der Waals surface area contributed by atoms with E-state index in [1.807, 2.05) is 6.07 Å². The Morgan fingerprint density at radius 3 is 2.73 bits per heavy atom. The van der Waals surface area contributed by atoms with Gasteiger partial charge in [0.15, 0.2) is 6.04 Å². The molecule has 9 heteroatoms. The molecule has 0 saturated carbocycles. The molecule has 0 aromatic carbocycles. The fraction of sp³-hybridized carbons (Fsp3) is 0.308. The maximum atomic E-state index is 12.2. The SMILES string of the molecule is COCC(NC(=O)c1sc(-c2ccc(Cl)s2)nc1C)C(=O)O. The number of ether oxygens (including phenoxy) is 1. The molecule has 0 bridgehead atoms. The van der Waals surface area contributed by atoms with Crippen LogP contribution in [-0.4, -0.2) is 41.7 Å². The number of hydrogen-bond acceptors (Lipinski definition) is 6. The quantitative estimate of drug-likeness (QED) is 0.826. The highest BCUT2D eigenvalue weighted by atomic mass is 35.5. The third kappa shape index (κ3) is 3.83. The highest BCUT2D eigenvalue weighted by Gasteiger charge is 2.23. The van der Waals surface area contributed by atoms with E-state index in [1.165, 1.54) is 29.8 Å². The van der Waals surface area contributed by atoms with Crippen LogP contribution in [0, 0.1) is 6.92 Å². The van der Waals surface area contributed by atoms with Crippen LogP contribution in [0.1, 0.15) is 15.4 Å². The molecule has 0 aliphatic heterocycles. The van der Waals surface area contributed by atoms with Crippen LogP contribution in [0.15, 0.2) is 12.1 Å². The summed E-state index contributed by atoms with van der Waals surface area (Å²) in [6, 6.07) is 2.49. The van der Waals surface area contributed by atoms with E-state index in [1.54, 1.807) is 13.0 Å². The van der Waals surface area contributed by atoms with Gasteiger partial charge in [-0.25, -0.2) is 9.78 Å². The zero-order chi connectivity index (χ0) is 16.3. The molecule has 22 heavy (non-hydrogen) atoms. The van der Waals surface area contributed by atoms with Crippen LogP contribution in [0.5, 0.6) is 0 Å². The van der Waals surface area contributed by atoms with Crippen molar-refractivity contribution in [3.05, 3.63) is 27.0 Å². The van der Waals surface area contributed by atoms with Crippen molar-refractivity contribution in [3.8, 4) is 9.88 Å². The number of rotatable bonds is 6. The van der Waals surface area contributed by atoms with Crippen molar-refractivity contribution in [3.63, 3.8) is 0 Å². The molecule has 2 aromatic rings. The lowest BCUT2D eigenvalue weighted by molar-refractivity contribution is -0.140. The van der Waals surface area contributed by atoms with E-state index in [9.17, 15) is 9.59 Å². The molecule has 2 aromatic heterocycles. The number of carboxylic acids is 1. The predicted octanol–water partition coefficient (Wildman–Crippen LogP) is 2.66. The van der Waals surface area contributed by atoms with E-state index < -0.39 is 17.9 Å². The number of halogens is 1. The second kappa shape index (κ2) is 7.19. The van der Waals surface area contributed by atoms with Crippen LogP contribution in [0.3, 0.4) is 0 Å². The number of nitrogens with zero attached hydrogens (tertiary/aromatic N) is 1. The van der Waals surface area contributed by atoms with Crippen molar-refractivity contribution in [2.45, 2.75) is 13.0 Å². The first-order chi connectivity index (χ1) is 10.4. The Kier molecular flexibility index (Phi) is 5.52. The van der Waals surface area contributed by atoms with Gasteiger partial charge < -0.3 is 15.2 Å². The maximum absolute atomic E-state index is 12.2. The van der Waals surface area contributed by atoms with Gasteiger partial charge in [-0.2, -0.15) is 0 Å². The Morgan fingerprint density at radius 1 is 1.45 bits per heavy atom. The Balaban J connectivity index is 2.20. The summed E-state index contributed by atoms with van der Waals surface area (Å²) in [7, 11) is 1.37. The fourth-order valence-corrected chi connectivity index (χ4v) is 3.77. The first-order valence-electron chi connectivity index (χ1n) is 6.18. The summed E-state index contributed by atoms with van der Waals surface area (Å²) in [5.41, 5.74) is 0.545. The van der Waals surface area contributed by atoms with Crippen molar-refractivity contribution >= 4 is 46.2 Å². The van der Waals surface area contributed by atoms with Crippen LogP contribution in [0.4, 0.5) is 0 Å². The maximum Gasteiger partial charge on any atom is 0.328 e. The molecule has 0 aliphatic rings. The van der Waals surface area contributed by atoms with Crippen LogP contribution in [-0.2, 0) is 9.53 Å². The second-order valence-corrected chi connectivity index (χ2v) is 7.07. The highest BCUT2D eigenvalue weighted by molar-refractivity contribution is 7.24. The Hall–Kier alpha value is -1.48. The summed E-state index contributed by atoms with van der Waals surface area (Å²) >= 11 is 8.46. The summed E-state index contributed by atoms with van der Waals surface area (Å²) in [4.78, 5) is 28.9. The molecule has 0 fully saturated rings. The molecule has 0 radical (unpaired) electrons. The molecule has 1 unspecified atom stereocenters. The number of thiophene rings is 1. The first-order valence-corrected chi connectivity index (χ1v) is 8.19. The Morgan fingerprint density at radius 2 is 2.18 bits per heavy atom. The van der Waals surface area contributed by atoms with Gasteiger partial charge in [-0.3, -0.25) is 4.79 Å². The van der Waals surface area contributed by atoms with Crippen molar-refractivity contribution in [1.82, 2.24) is 10.3 Å². The number of aromatic nitrogens is 1. The zero-order valence-electron chi connectivity index (χ0n) is 11.8. The Labute approximate surface area is 139 Å². The predicted molar refractivity (Wildman–Crippen MR) is 85.9 cm³/mol. The molecule has 2 rings (SSSR count). The number of carboxylic acid groups (broad SMARTS) is 1. The highest BCUT2D eigenvalue weighted by Crippen LogP contribution is 2.34. The lowest BCUT2D eigenvalue weighted by atomic mass is 10.3. The van der Waals surface area contributed by atoms with E-state index in [2.05, 4.69) is 10.3 Å². The minimum atomic E-state index is -1.15. The number of aryl methyl sites for hydroxylation is 1. The van der Waals surface area contributed by atoms with E-state index in [-0.39, 0.29) is 6.61 Å². The number of nitrogens with one attached hydrogen (secondary N) is 1. The average Bonchev–Trinajstić information content (AvgIpc) is 3.04. The average molecular weight is 361 g/mol. The van der Waals surface area contributed by atoms with Crippen LogP contribution in [0.25, 0.3) is 9.88 Å². The van der Waals surface area contributed by atoms with E-state index in [0.29, 0.717) is 19.9 Å². The van der Waals surface area contributed by atoms with Gasteiger partial charge >= 0.3 is 5.97 Å². The van der Waals surface area contributed by atoms with E-state index in [4.69, 9.17) is 21.4 Å². The fourth-order valence-electron chi connectivity index (χ4n) is 1.71. The van der Waals surface area contributed by atoms with Crippen LogP contribution >= 0.6 is 34.3 Å². The lowest BCUT2D eigenvalue weighted by Gasteiger charge is -2.12. The first kappa shape index (κ1) is 16.9. The summed E-state index contributed by atoms with van der Waals surface area (Å²) < 4.78 is 5.43. The smallest absolute Gasteiger partial charge is 0.328 e. The van der Waals surface area contributed by atoms with E-state index in [0.717, 1.165) is 4.88 Å². The van der Waals surface area contributed by atoms with Gasteiger partial charge in [-0.1, -0.05) is 11.6 Å². The molecule has 1 atom stereocenters. The molecule has 118 valence electrons. The van der Waals surface area contributed by atoms with Crippen LogP contribution < -0.4 is 5.32 Å². The number of amides is 1. The number of aliphatic carboxylic acids is 1. The third-order valence-electron chi connectivity index (χ3n) is 2.72. The third-order valence-corrected chi connectivity index (χ3v) is 5.28. The molecule has 1 amide bonds. The molecule has 0 spiro atoms. The topological polar surface area (TPSA) is 88.5 Å². The van der Waals surface area contributed by atoms with Gasteiger partial charge in [-0.05, 0) is 19.1 Å². The molecule has 6 nitrogen and oxygen atoms in total. The van der Waals surface area contributed by atoms with Gasteiger partial charge in [0, 0.05) is 7.11 Å². The second-order valence-electron chi connectivity index (χ2n) is 4.36. The molecular formula is C13H13ClN2O4S2. The van der Waals surface area contributed by atoms with Crippen molar-refractivity contribution in [2.75, 3.05) is 13.7 Å². The van der Waals surface area contributed by atoms with Gasteiger partial charge in [0.05, 0.1) is 21.5 Å². The standard InChI is InChI=1S/C13H13ClN2O4S2/c1-6-10(11(17)16-7(5-20-2)13(18)19)22-12(15-6)8-3-4-9(14)21-8/h3-4,7H,5H2,1-2H3,(H,16,17)(H,18,19). The van der Waals surface area contributed by atoms with Crippen molar-refractivity contribution in [1.29, 1.82) is 0 Å². The summed E-state index contributed by atoms with van der Waals surface area (Å²) in [6.07, 6.45) is 0. The van der Waals surface area contributed by atoms with Crippen molar-refractivity contribution in [2.24, 2.45) is 0 Å². The number of methoxy groups -OCH3 is 1. The number of carbonyl (C=O) groups excluding carboxylic acids is 1. The normalized spacial score (nSPS) is 12.1. The summed E-state index contributed by atoms with van der Waals surface area (Å²) in [5.74, 6) is -1.63. The molecule has 2 heterocycles.